The van der Waals surface area contributed by atoms with Crippen LogP contribution in [0.3, 0.4) is 0 Å². The number of piperidine rings is 1. The average molecular weight is 360 g/mol. The van der Waals surface area contributed by atoms with Crippen molar-refractivity contribution in [3.8, 4) is 0 Å². The number of aliphatic hydroxyl groups excluding tert-OH is 1. The second kappa shape index (κ2) is 6.38. The molecular formula is C13H17IN2O2. The van der Waals surface area contributed by atoms with Gasteiger partial charge in [0.2, 0.25) is 0 Å². The summed E-state index contributed by atoms with van der Waals surface area (Å²) in [6.45, 7) is 1.58. The van der Waals surface area contributed by atoms with Gasteiger partial charge in [0.25, 0.3) is 0 Å². The molecule has 2 amide bonds. The summed E-state index contributed by atoms with van der Waals surface area (Å²) in [5, 5.41) is 12.0. The van der Waals surface area contributed by atoms with Gasteiger partial charge in [0.1, 0.15) is 0 Å². The van der Waals surface area contributed by atoms with Gasteiger partial charge in [-0.25, -0.2) is 4.79 Å². The lowest BCUT2D eigenvalue weighted by atomic mass is 9.99. The summed E-state index contributed by atoms with van der Waals surface area (Å²) in [5.41, 5.74) is 0.812. The molecular weight excluding hydrogens is 343 g/mol. The highest BCUT2D eigenvalue weighted by molar-refractivity contribution is 14.1. The van der Waals surface area contributed by atoms with Gasteiger partial charge in [-0.3, -0.25) is 0 Å². The predicted molar refractivity (Wildman–Crippen MR) is 79.6 cm³/mol. The molecule has 0 bridgehead atoms. The van der Waals surface area contributed by atoms with Crippen LogP contribution >= 0.6 is 22.6 Å². The monoisotopic (exact) mass is 360 g/mol. The first-order chi connectivity index (χ1) is 8.69. The molecule has 1 heterocycles. The van der Waals surface area contributed by atoms with E-state index in [1.54, 1.807) is 4.90 Å². The molecule has 0 aromatic heterocycles. The number of hydrogen-bond donors (Lipinski definition) is 2. The number of carbonyl (C=O) groups excluding carboxylic acids is 1. The van der Waals surface area contributed by atoms with Gasteiger partial charge in [-0.1, -0.05) is 0 Å². The lowest BCUT2D eigenvalue weighted by Gasteiger charge is -2.31. The van der Waals surface area contributed by atoms with Crippen LogP contribution < -0.4 is 5.32 Å². The fourth-order valence-electron chi connectivity index (χ4n) is 2.13. The summed E-state index contributed by atoms with van der Waals surface area (Å²) < 4.78 is 1.14. The van der Waals surface area contributed by atoms with Crippen LogP contribution in [0.5, 0.6) is 0 Å². The number of nitrogens with zero attached hydrogens (tertiary/aromatic N) is 1. The first-order valence-electron chi connectivity index (χ1n) is 6.11. The average Bonchev–Trinajstić information content (AvgIpc) is 2.41. The molecule has 4 nitrogen and oxygen atoms in total. The van der Waals surface area contributed by atoms with Gasteiger partial charge in [-0.15, -0.1) is 0 Å². The largest absolute Gasteiger partial charge is 0.396 e. The molecule has 98 valence electrons. The third-order valence-electron chi connectivity index (χ3n) is 3.16. The van der Waals surface area contributed by atoms with Crippen molar-refractivity contribution < 1.29 is 9.90 Å². The van der Waals surface area contributed by atoms with E-state index in [1.165, 1.54) is 0 Å². The molecule has 0 spiro atoms. The highest BCUT2D eigenvalue weighted by atomic mass is 127. The number of likely N-dealkylation sites (tertiary alicyclic amines) is 1. The van der Waals surface area contributed by atoms with E-state index in [9.17, 15) is 4.79 Å². The maximum absolute atomic E-state index is 12.0. The predicted octanol–water partition coefficient (Wildman–Crippen LogP) is 2.53. The van der Waals surface area contributed by atoms with Gasteiger partial charge in [-0.05, 0) is 65.6 Å². The van der Waals surface area contributed by atoms with Crippen molar-refractivity contribution in [1.82, 2.24) is 4.90 Å². The van der Waals surface area contributed by atoms with Crippen LogP contribution in [0.4, 0.5) is 10.5 Å². The van der Waals surface area contributed by atoms with Gasteiger partial charge in [-0.2, -0.15) is 0 Å². The Morgan fingerprint density at radius 1 is 1.44 bits per heavy atom. The standard InChI is InChI=1S/C13H17IN2O2/c14-11-3-5-12(6-4-11)15-13(18)16-7-1-2-10(8-16)9-17/h3-6,10,17H,1-2,7-9H2,(H,15,18). The zero-order valence-electron chi connectivity index (χ0n) is 10.1. The van der Waals surface area contributed by atoms with Crippen molar-refractivity contribution in [2.45, 2.75) is 12.8 Å². The third kappa shape index (κ3) is 3.58. The molecule has 5 heteroatoms. The summed E-state index contributed by atoms with van der Waals surface area (Å²) in [6, 6.07) is 7.64. The summed E-state index contributed by atoms with van der Waals surface area (Å²) >= 11 is 2.23. The van der Waals surface area contributed by atoms with E-state index >= 15 is 0 Å². The van der Waals surface area contributed by atoms with Crippen LogP contribution in [0.2, 0.25) is 0 Å². The molecule has 1 aromatic carbocycles. The SMILES string of the molecule is O=C(Nc1ccc(I)cc1)N1CCCC(CO)C1. The number of benzene rings is 1. The van der Waals surface area contributed by atoms with Crippen LogP contribution in [-0.4, -0.2) is 35.7 Å². The van der Waals surface area contributed by atoms with Crippen molar-refractivity contribution in [3.63, 3.8) is 0 Å². The van der Waals surface area contributed by atoms with Gasteiger partial charge >= 0.3 is 6.03 Å². The zero-order valence-corrected chi connectivity index (χ0v) is 12.3. The minimum absolute atomic E-state index is 0.0747. The van der Waals surface area contributed by atoms with Gasteiger partial charge in [0, 0.05) is 29.0 Å². The number of anilines is 1. The van der Waals surface area contributed by atoms with Crippen LogP contribution in [0, 0.1) is 9.49 Å². The number of nitrogens with one attached hydrogen (secondary N) is 1. The van der Waals surface area contributed by atoms with Gasteiger partial charge < -0.3 is 15.3 Å². The Hall–Kier alpha value is -0.820. The smallest absolute Gasteiger partial charge is 0.321 e. The van der Waals surface area contributed by atoms with Crippen molar-refractivity contribution in [3.05, 3.63) is 27.8 Å². The number of halogens is 1. The topological polar surface area (TPSA) is 52.6 Å². The molecule has 1 aliphatic rings. The van der Waals surface area contributed by atoms with E-state index in [4.69, 9.17) is 5.11 Å². The Morgan fingerprint density at radius 3 is 2.83 bits per heavy atom. The van der Waals surface area contributed by atoms with Crippen molar-refractivity contribution in [2.75, 3.05) is 25.0 Å². The fourth-order valence-corrected chi connectivity index (χ4v) is 2.49. The Kier molecular flexibility index (Phi) is 4.82. The van der Waals surface area contributed by atoms with E-state index in [0.29, 0.717) is 6.54 Å². The van der Waals surface area contributed by atoms with Crippen LogP contribution in [-0.2, 0) is 0 Å². The number of hydrogen-bond acceptors (Lipinski definition) is 2. The normalized spacial score (nSPS) is 19.7. The van der Waals surface area contributed by atoms with Gasteiger partial charge in [0.15, 0.2) is 0 Å². The van der Waals surface area contributed by atoms with Crippen LogP contribution in [0.25, 0.3) is 0 Å². The molecule has 1 saturated heterocycles. The third-order valence-corrected chi connectivity index (χ3v) is 3.88. The van der Waals surface area contributed by atoms with Crippen molar-refractivity contribution >= 4 is 34.3 Å². The van der Waals surface area contributed by atoms with Crippen molar-refractivity contribution in [1.29, 1.82) is 0 Å². The fraction of sp³-hybridized carbons (Fsp3) is 0.462. The Balaban J connectivity index is 1.93. The van der Waals surface area contributed by atoms with E-state index in [-0.39, 0.29) is 18.6 Å². The zero-order chi connectivity index (χ0) is 13.0. The van der Waals surface area contributed by atoms with E-state index in [0.717, 1.165) is 28.6 Å². The number of carbonyl (C=O) groups is 1. The summed E-state index contributed by atoms with van der Waals surface area (Å²) in [6.07, 6.45) is 1.97. The Morgan fingerprint density at radius 2 is 2.17 bits per heavy atom. The number of urea groups is 1. The van der Waals surface area contributed by atoms with E-state index < -0.39 is 0 Å². The number of aliphatic hydroxyl groups is 1. The lowest BCUT2D eigenvalue weighted by molar-refractivity contribution is 0.136. The maximum Gasteiger partial charge on any atom is 0.321 e. The van der Waals surface area contributed by atoms with Gasteiger partial charge in [0.05, 0.1) is 0 Å². The van der Waals surface area contributed by atoms with Crippen molar-refractivity contribution in [2.24, 2.45) is 5.92 Å². The second-order valence-corrected chi connectivity index (χ2v) is 5.82. The molecule has 1 unspecified atom stereocenters. The highest BCUT2D eigenvalue weighted by Gasteiger charge is 2.22. The maximum atomic E-state index is 12.0. The summed E-state index contributed by atoms with van der Waals surface area (Å²) in [7, 11) is 0. The molecule has 2 rings (SSSR count). The molecule has 1 aliphatic heterocycles. The molecule has 1 aromatic rings. The second-order valence-electron chi connectivity index (χ2n) is 4.57. The quantitative estimate of drug-likeness (QED) is 0.797. The van der Waals surface area contributed by atoms with E-state index in [2.05, 4.69) is 27.9 Å². The molecule has 18 heavy (non-hydrogen) atoms. The molecule has 1 fully saturated rings. The summed E-state index contributed by atoms with van der Waals surface area (Å²) in [5.74, 6) is 0.223. The molecule has 0 saturated carbocycles. The first kappa shape index (κ1) is 13.6. The number of rotatable bonds is 2. The molecule has 0 radical (unpaired) electrons. The molecule has 2 N–H and O–H groups in total. The van der Waals surface area contributed by atoms with Crippen LogP contribution in [0.15, 0.2) is 24.3 Å². The van der Waals surface area contributed by atoms with E-state index in [1.807, 2.05) is 24.3 Å². The Bertz CT molecular complexity index is 408. The van der Waals surface area contributed by atoms with Crippen LogP contribution in [0.1, 0.15) is 12.8 Å². The molecule has 0 aliphatic carbocycles. The molecule has 1 atom stereocenters. The Labute approximate surface area is 121 Å². The minimum atomic E-state index is -0.0747. The first-order valence-corrected chi connectivity index (χ1v) is 7.19. The summed E-state index contributed by atoms with van der Waals surface area (Å²) in [4.78, 5) is 13.8. The highest BCUT2D eigenvalue weighted by Crippen LogP contribution is 2.17. The lowest BCUT2D eigenvalue weighted by Crippen LogP contribution is -2.43. The minimum Gasteiger partial charge on any atom is -0.396 e. The number of amides is 2.